The van der Waals surface area contributed by atoms with Crippen LogP contribution in [-0.2, 0) is 4.79 Å². The van der Waals surface area contributed by atoms with Gasteiger partial charge in [-0.3, -0.25) is 4.79 Å². The van der Waals surface area contributed by atoms with Crippen molar-refractivity contribution in [1.29, 1.82) is 0 Å². The Morgan fingerprint density at radius 2 is 2.31 bits per heavy atom. The molecule has 0 aromatic carbocycles. The van der Waals surface area contributed by atoms with Gasteiger partial charge >= 0.3 is 5.97 Å². The maximum Gasteiger partial charge on any atom is 0.307 e. The Kier molecular flexibility index (Phi) is 4.22. The zero-order valence-electron chi connectivity index (χ0n) is 8.25. The number of nitrogens with one attached hydrogen (secondary N) is 1. The third-order valence-electron chi connectivity index (χ3n) is 2.77. The number of carboxylic acids is 1. The summed E-state index contributed by atoms with van der Waals surface area (Å²) in [4.78, 5) is 10.6. The zero-order chi connectivity index (χ0) is 9.68. The van der Waals surface area contributed by atoms with E-state index >= 15 is 0 Å². The van der Waals surface area contributed by atoms with Crippen molar-refractivity contribution in [3.05, 3.63) is 0 Å². The maximum absolute atomic E-state index is 10.6. The molecule has 0 bridgehead atoms. The van der Waals surface area contributed by atoms with Crippen LogP contribution < -0.4 is 5.32 Å². The van der Waals surface area contributed by atoms with Crippen molar-refractivity contribution in [1.82, 2.24) is 5.32 Å². The number of rotatable bonds is 4. The summed E-state index contributed by atoms with van der Waals surface area (Å²) in [6, 6.07) is 0.565. The van der Waals surface area contributed by atoms with Crippen LogP contribution in [0.25, 0.3) is 0 Å². The summed E-state index contributed by atoms with van der Waals surface area (Å²) in [5, 5.41) is 12.1. The standard InChI is InChI=1S/C10H19NO2/c1-2-3-4-9-6-5-8(7-11-9)10(12)13/h8-9,11H,2-7H2,1H3,(H,12,13)/t8-,9+/m1/s1. The molecule has 1 aliphatic rings. The van der Waals surface area contributed by atoms with Crippen LogP contribution in [0.15, 0.2) is 0 Å². The minimum atomic E-state index is -0.651. The number of carbonyl (C=O) groups is 1. The summed E-state index contributed by atoms with van der Waals surface area (Å²) >= 11 is 0. The summed E-state index contributed by atoms with van der Waals surface area (Å²) in [5.41, 5.74) is 0. The molecule has 13 heavy (non-hydrogen) atoms. The van der Waals surface area contributed by atoms with Gasteiger partial charge in [-0.25, -0.2) is 0 Å². The van der Waals surface area contributed by atoms with Crippen LogP contribution in [0.3, 0.4) is 0 Å². The molecular formula is C10H19NO2. The van der Waals surface area contributed by atoms with E-state index < -0.39 is 5.97 Å². The van der Waals surface area contributed by atoms with Crippen LogP contribution in [-0.4, -0.2) is 23.7 Å². The van der Waals surface area contributed by atoms with Crippen molar-refractivity contribution in [2.75, 3.05) is 6.54 Å². The third kappa shape index (κ3) is 3.35. The molecular weight excluding hydrogens is 166 g/mol. The molecule has 0 aromatic heterocycles. The minimum Gasteiger partial charge on any atom is -0.481 e. The highest BCUT2D eigenvalue weighted by atomic mass is 16.4. The molecule has 3 nitrogen and oxygen atoms in total. The summed E-state index contributed by atoms with van der Waals surface area (Å²) in [5.74, 6) is -0.806. The molecule has 1 saturated heterocycles. The van der Waals surface area contributed by atoms with E-state index in [0.29, 0.717) is 12.6 Å². The Morgan fingerprint density at radius 1 is 1.54 bits per heavy atom. The van der Waals surface area contributed by atoms with Gasteiger partial charge in [-0.1, -0.05) is 19.8 Å². The van der Waals surface area contributed by atoms with Gasteiger partial charge in [0.05, 0.1) is 5.92 Å². The summed E-state index contributed by atoms with van der Waals surface area (Å²) in [7, 11) is 0. The first-order valence-electron chi connectivity index (χ1n) is 5.20. The molecule has 2 atom stereocenters. The molecule has 3 heteroatoms. The number of hydrogen-bond donors (Lipinski definition) is 2. The van der Waals surface area contributed by atoms with Crippen molar-refractivity contribution in [3.63, 3.8) is 0 Å². The van der Waals surface area contributed by atoms with Crippen LogP contribution in [0.2, 0.25) is 0 Å². The van der Waals surface area contributed by atoms with Gasteiger partial charge in [0.15, 0.2) is 0 Å². The lowest BCUT2D eigenvalue weighted by molar-refractivity contribution is -0.142. The molecule has 76 valence electrons. The first-order valence-corrected chi connectivity index (χ1v) is 5.20. The van der Waals surface area contributed by atoms with Gasteiger partial charge in [-0.05, 0) is 19.3 Å². The monoisotopic (exact) mass is 185 g/mol. The Hall–Kier alpha value is -0.570. The van der Waals surface area contributed by atoms with Gasteiger partial charge in [-0.15, -0.1) is 0 Å². The number of hydrogen-bond acceptors (Lipinski definition) is 2. The highest BCUT2D eigenvalue weighted by Gasteiger charge is 2.24. The van der Waals surface area contributed by atoms with E-state index in [0.717, 1.165) is 12.8 Å². The molecule has 1 aliphatic heterocycles. The number of piperidine rings is 1. The predicted molar refractivity (Wildman–Crippen MR) is 51.7 cm³/mol. The second kappa shape index (κ2) is 5.22. The molecule has 0 radical (unpaired) electrons. The molecule has 1 fully saturated rings. The fourth-order valence-electron chi connectivity index (χ4n) is 1.82. The van der Waals surface area contributed by atoms with E-state index in [1.807, 2.05) is 0 Å². The molecule has 0 aromatic rings. The van der Waals surface area contributed by atoms with Crippen LogP contribution >= 0.6 is 0 Å². The van der Waals surface area contributed by atoms with E-state index in [9.17, 15) is 4.79 Å². The van der Waals surface area contributed by atoms with Crippen LogP contribution in [0.4, 0.5) is 0 Å². The normalized spacial score (nSPS) is 28.7. The van der Waals surface area contributed by atoms with Crippen molar-refractivity contribution >= 4 is 5.97 Å². The van der Waals surface area contributed by atoms with Crippen LogP contribution in [0.1, 0.15) is 39.0 Å². The minimum absolute atomic E-state index is 0.155. The lowest BCUT2D eigenvalue weighted by atomic mass is 9.92. The van der Waals surface area contributed by atoms with E-state index in [1.165, 1.54) is 19.3 Å². The smallest absolute Gasteiger partial charge is 0.307 e. The van der Waals surface area contributed by atoms with Crippen LogP contribution in [0.5, 0.6) is 0 Å². The van der Waals surface area contributed by atoms with E-state index in [1.54, 1.807) is 0 Å². The van der Waals surface area contributed by atoms with E-state index in [-0.39, 0.29) is 5.92 Å². The summed E-state index contributed by atoms with van der Waals surface area (Å²) in [6.07, 6.45) is 5.53. The van der Waals surface area contributed by atoms with Crippen molar-refractivity contribution in [2.45, 2.75) is 45.1 Å². The largest absolute Gasteiger partial charge is 0.481 e. The van der Waals surface area contributed by atoms with Gasteiger partial charge in [0, 0.05) is 12.6 Å². The van der Waals surface area contributed by atoms with E-state index in [2.05, 4.69) is 12.2 Å². The fraction of sp³-hybridized carbons (Fsp3) is 0.900. The van der Waals surface area contributed by atoms with Gasteiger partial charge in [0.2, 0.25) is 0 Å². The quantitative estimate of drug-likeness (QED) is 0.700. The van der Waals surface area contributed by atoms with E-state index in [4.69, 9.17) is 5.11 Å². The number of unbranched alkanes of at least 4 members (excludes halogenated alkanes) is 1. The SMILES string of the molecule is CCCC[C@H]1CC[C@@H](C(=O)O)CN1. The van der Waals surface area contributed by atoms with Crippen molar-refractivity contribution < 1.29 is 9.90 Å². The van der Waals surface area contributed by atoms with Crippen molar-refractivity contribution in [3.8, 4) is 0 Å². The van der Waals surface area contributed by atoms with Gasteiger partial charge in [0.1, 0.15) is 0 Å². The molecule has 0 amide bonds. The summed E-state index contributed by atoms with van der Waals surface area (Å²) in [6.45, 7) is 2.84. The fourth-order valence-corrected chi connectivity index (χ4v) is 1.82. The highest BCUT2D eigenvalue weighted by Crippen LogP contribution is 2.17. The summed E-state index contributed by atoms with van der Waals surface area (Å²) < 4.78 is 0. The molecule has 1 rings (SSSR count). The predicted octanol–water partition coefficient (Wildman–Crippen LogP) is 1.63. The Balaban J connectivity index is 2.18. The highest BCUT2D eigenvalue weighted by molar-refractivity contribution is 5.70. The van der Waals surface area contributed by atoms with Gasteiger partial charge in [-0.2, -0.15) is 0 Å². The first-order chi connectivity index (χ1) is 6.24. The average Bonchev–Trinajstić information content (AvgIpc) is 2.15. The topological polar surface area (TPSA) is 49.3 Å². The lowest BCUT2D eigenvalue weighted by Crippen LogP contribution is -2.41. The van der Waals surface area contributed by atoms with Crippen molar-refractivity contribution in [2.24, 2.45) is 5.92 Å². The average molecular weight is 185 g/mol. The Bertz CT molecular complexity index is 162. The lowest BCUT2D eigenvalue weighted by Gasteiger charge is -2.27. The number of aliphatic carboxylic acids is 1. The Morgan fingerprint density at radius 3 is 2.77 bits per heavy atom. The Labute approximate surface area is 79.5 Å². The number of carboxylic acid groups (broad SMARTS) is 1. The third-order valence-corrected chi connectivity index (χ3v) is 2.77. The second-order valence-corrected chi connectivity index (χ2v) is 3.86. The molecule has 0 saturated carbocycles. The van der Waals surface area contributed by atoms with Gasteiger partial charge < -0.3 is 10.4 Å². The second-order valence-electron chi connectivity index (χ2n) is 3.86. The molecule has 1 heterocycles. The molecule has 0 unspecified atom stereocenters. The first kappa shape index (κ1) is 10.5. The van der Waals surface area contributed by atoms with Gasteiger partial charge in [0.25, 0.3) is 0 Å². The zero-order valence-corrected chi connectivity index (χ0v) is 8.25. The molecule has 0 spiro atoms. The maximum atomic E-state index is 10.6. The molecule has 0 aliphatic carbocycles. The molecule has 2 N–H and O–H groups in total. The van der Waals surface area contributed by atoms with Crippen LogP contribution in [0, 0.1) is 5.92 Å².